The molecule has 0 aliphatic heterocycles. The minimum absolute atomic E-state index is 0. The molecule has 38 heavy (non-hydrogen) atoms. The Morgan fingerprint density at radius 3 is 0.632 bits per heavy atom. The molecule has 0 heterocycles. The maximum Gasteiger partial charge on any atom is 0.294 e. The Morgan fingerprint density at radius 1 is 0.342 bits per heavy atom. The fourth-order valence-corrected chi connectivity index (χ4v) is 5.11. The molecular weight excluding hydrogens is 631 g/mol. The summed E-state index contributed by atoms with van der Waals surface area (Å²) in [7, 11) is -17.2. The fraction of sp³-hybridized carbons (Fsp3) is 0. The molecule has 0 aromatic heterocycles. The van der Waals surface area contributed by atoms with Crippen molar-refractivity contribution in [3.05, 3.63) is 72.8 Å². The highest BCUT2D eigenvalue weighted by Gasteiger charge is 2.14. The molecule has 0 saturated heterocycles. The van der Waals surface area contributed by atoms with Crippen molar-refractivity contribution in [1.82, 2.24) is 0 Å². The fourth-order valence-electron chi connectivity index (χ4n) is 3.05. The van der Waals surface area contributed by atoms with E-state index in [4.69, 9.17) is 18.2 Å². The van der Waals surface area contributed by atoms with Crippen LogP contribution in [0.4, 0.5) is 0 Å². The summed E-state index contributed by atoms with van der Waals surface area (Å²) in [4.78, 5) is -1.13. The van der Waals surface area contributed by atoms with Crippen LogP contribution < -0.4 is 0 Å². The molecular formula is C20H18Cl2O12S4. The first-order valence-electron chi connectivity index (χ1n) is 9.33. The number of halogens is 2. The van der Waals surface area contributed by atoms with Crippen LogP contribution in [-0.2, 0) is 40.5 Å². The Kier molecular flexibility index (Phi) is 10.4. The second kappa shape index (κ2) is 11.8. The van der Waals surface area contributed by atoms with Crippen molar-refractivity contribution in [2.45, 2.75) is 19.6 Å². The lowest BCUT2D eigenvalue weighted by Gasteiger charge is -2.03. The molecule has 4 rings (SSSR count). The predicted octanol–water partition coefficient (Wildman–Crippen LogP) is 3.51. The second-order valence-corrected chi connectivity index (χ2v) is 12.9. The molecule has 0 unspecified atom stereocenters. The van der Waals surface area contributed by atoms with Crippen LogP contribution in [0.5, 0.6) is 0 Å². The maximum absolute atomic E-state index is 10.9. The quantitative estimate of drug-likeness (QED) is 0.234. The minimum Gasteiger partial charge on any atom is -0.282 e. The van der Waals surface area contributed by atoms with Crippen LogP contribution in [0.15, 0.2) is 92.4 Å². The van der Waals surface area contributed by atoms with Crippen molar-refractivity contribution in [2.24, 2.45) is 0 Å². The van der Waals surface area contributed by atoms with E-state index in [9.17, 15) is 33.7 Å². The summed E-state index contributed by atoms with van der Waals surface area (Å²) in [6.07, 6.45) is 0. The first-order chi connectivity index (χ1) is 16.4. The van der Waals surface area contributed by atoms with E-state index in [0.717, 1.165) is 24.3 Å². The summed E-state index contributed by atoms with van der Waals surface area (Å²) < 4.78 is 123. The van der Waals surface area contributed by atoms with Crippen molar-refractivity contribution < 1.29 is 51.9 Å². The van der Waals surface area contributed by atoms with Gasteiger partial charge in [-0.2, -0.15) is 33.7 Å². The zero-order valence-electron chi connectivity index (χ0n) is 18.4. The first kappa shape index (κ1) is 33.6. The molecule has 4 aromatic rings. The SMILES string of the molecule is Cl.Cl.O=S(=O)(O)c1ccc2cc(S(=O)(=O)O)ccc2c1.O=S(=O)(O)c1ccc2cc(S(=O)(=O)O)ccc2c1. The summed E-state index contributed by atoms with van der Waals surface area (Å²) in [6, 6.07) is 14.8. The topological polar surface area (TPSA) is 217 Å². The highest BCUT2D eigenvalue weighted by atomic mass is 35.5. The van der Waals surface area contributed by atoms with Gasteiger partial charge in [0.25, 0.3) is 40.5 Å². The standard InChI is InChI=1S/2C10H8O6S2.2ClH/c2*11-17(12,13)9-3-1-7-5-10(18(14,15)16)4-2-8(7)6-9;;/h2*1-6H,(H,11,12,13)(H,14,15,16);2*1H. The van der Waals surface area contributed by atoms with Gasteiger partial charge >= 0.3 is 0 Å². The van der Waals surface area contributed by atoms with E-state index in [-0.39, 0.29) is 44.4 Å². The Morgan fingerprint density at radius 2 is 0.500 bits per heavy atom. The van der Waals surface area contributed by atoms with Crippen molar-refractivity contribution in [3.8, 4) is 0 Å². The molecule has 12 nitrogen and oxygen atoms in total. The van der Waals surface area contributed by atoms with Gasteiger partial charge in [0.2, 0.25) is 0 Å². The molecule has 0 bridgehead atoms. The number of hydrogen-bond acceptors (Lipinski definition) is 8. The molecule has 4 N–H and O–H groups in total. The highest BCUT2D eigenvalue weighted by molar-refractivity contribution is 7.86. The Hall–Kier alpha value is -2.38. The van der Waals surface area contributed by atoms with Crippen LogP contribution >= 0.6 is 24.8 Å². The molecule has 4 aromatic carbocycles. The van der Waals surface area contributed by atoms with Gasteiger partial charge in [-0.3, -0.25) is 18.2 Å². The van der Waals surface area contributed by atoms with Gasteiger partial charge in [0.1, 0.15) is 0 Å². The lowest BCUT2D eigenvalue weighted by molar-refractivity contribution is 0.481. The van der Waals surface area contributed by atoms with E-state index < -0.39 is 40.5 Å². The van der Waals surface area contributed by atoms with E-state index in [1.165, 1.54) is 48.5 Å². The third kappa shape index (κ3) is 8.31. The van der Waals surface area contributed by atoms with Gasteiger partial charge in [0.15, 0.2) is 0 Å². The highest BCUT2D eigenvalue weighted by Crippen LogP contribution is 2.23. The average Bonchev–Trinajstić information content (AvgIpc) is 2.75. The summed E-state index contributed by atoms with van der Waals surface area (Å²) in [5.41, 5.74) is 0. The summed E-state index contributed by atoms with van der Waals surface area (Å²) in [5.74, 6) is 0. The van der Waals surface area contributed by atoms with Gasteiger partial charge in [0.05, 0.1) is 19.6 Å². The monoisotopic (exact) mass is 648 g/mol. The van der Waals surface area contributed by atoms with Crippen molar-refractivity contribution >= 4 is 86.8 Å². The Balaban J connectivity index is 0.000000361. The summed E-state index contributed by atoms with van der Waals surface area (Å²) in [5, 5.41) is 1.71. The van der Waals surface area contributed by atoms with Crippen LogP contribution in [0.3, 0.4) is 0 Å². The third-order valence-corrected chi connectivity index (χ3v) is 8.16. The van der Waals surface area contributed by atoms with E-state index in [1.54, 1.807) is 0 Å². The van der Waals surface area contributed by atoms with Gasteiger partial charge in [-0.05, 0) is 70.1 Å². The predicted molar refractivity (Wildman–Crippen MR) is 142 cm³/mol. The average molecular weight is 650 g/mol. The lowest BCUT2D eigenvalue weighted by Crippen LogP contribution is -1.99. The van der Waals surface area contributed by atoms with E-state index in [2.05, 4.69) is 0 Å². The van der Waals surface area contributed by atoms with Crippen LogP contribution in [0.1, 0.15) is 0 Å². The minimum atomic E-state index is -4.30. The third-order valence-electron chi connectivity index (χ3n) is 4.76. The molecule has 0 aliphatic rings. The number of rotatable bonds is 4. The molecule has 0 atom stereocenters. The van der Waals surface area contributed by atoms with Crippen molar-refractivity contribution in [3.63, 3.8) is 0 Å². The van der Waals surface area contributed by atoms with Crippen LogP contribution in [0.25, 0.3) is 21.5 Å². The van der Waals surface area contributed by atoms with Crippen LogP contribution in [0.2, 0.25) is 0 Å². The normalized spacial score (nSPS) is 12.1. The largest absolute Gasteiger partial charge is 0.294 e. The van der Waals surface area contributed by atoms with E-state index in [0.29, 0.717) is 21.5 Å². The van der Waals surface area contributed by atoms with E-state index in [1.807, 2.05) is 0 Å². The van der Waals surface area contributed by atoms with E-state index >= 15 is 0 Å². The summed E-state index contributed by atoms with van der Waals surface area (Å²) in [6.45, 7) is 0. The second-order valence-electron chi connectivity index (χ2n) is 7.24. The van der Waals surface area contributed by atoms with Gasteiger partial charge < -0.3 is 0 Å². The zero-order valence-corrected chi connectivity index (χ0v) is 23.3. The molecule has 0 saturated carbocycles. The number of hydrogen-bond donors (Lipinski definition) is 4. The molecule has 18 heteroatoms. The maximum atomic E-state index is 10.9. The van der Waals surface area contributed by atoms with Gasteiger partial charge in [-0.15, -0.1) is 24.8 Å². The van der Waals surface area contributed by atoms with Gasteiger partial charge in [0, 0.05) is 0 Å². The molecule has 0 aliphatic carbocycles. The number of fused-ring (bicyclic) bond motifs is 2. The zero-order chi connectivity index (χ0) is 27.1. The Bertz CT molecular complexity index is 1650. The molecule has 208 valence electrons. The smallest absolute Gasteiger partial charge is 0.282 e. The molecule has 0 amide bonds. The molecule has 0 radical (unpaired) electrons. The lowest BCUT2D eigenvalue weighted by atomic mass is 10.1. The van der Waals surface area contributed by atoms with Crippen molar-refractivity contribution in [2.75, 3.05) is 0 Å². The molecule has 0 fully saturated rings. The molecule has 0 spiro atoms. The number of benzene rings is 4. The van der Waals surface area contributed by atoms with Gasteiger partial charge in [-0.1, -0.05) is 24.3 Å². The summed E-state index contributed by atoms with van der Waals surface area (Å²) >= 11 is 0. The van der Waals surface area contributed by atoms with Crippen LogP contribution in [0, 0.1) is 0 Å². The van der Waals surface area contributed by atoms with Gasteiger partial charge in [-0.25, -0.2) is 0 Å². The first-order valence-corrected chi connectivity index (χ1v) is 15.1. The van der Waals surface area contributed by atoms with Crippen LogP contribution in [-0.4, -0.2) is 51.9 Å². The van der Waals surface area contributed by atoms with Crippen molar-refractivity contribution in [1.29, 1.82) is 0 Å². The Labute approximate surface area is 230 Å².